The maximum absolute atomic E-state index is 5.99. The Morgan fingerprint density at radius 3 is 2.76 bits per heavy atom. The Balaban J connectivity index is 1.91. The molecule has 0 heterocycles. The molecule has 0 amide bonds. The van der Waals surface area contributed by atoms with Gasteiger partial charge in [-0.15, -0.1) is 0 Å². The highest BCUT2D eigenvalue weighted by molar-refractivity contribution is 6.30. The molecule has 1 aromatic rings. The molecule has 1 aliphatic carbocycles. The van der Waals surface area contributed by atoms with Crippen LogP contribution in [-0.2, 0) is 0 Å². The quantitative estimate of drug-likeness (QED) is 0.838. The summed E-state index contributed by atoms with van der Waals surface area (Å²) >= 11 is 5.95. The Kier molecular flexibility index (Phi) is 4.30. The van der Waals surface area contributed by atoms with Crippen LogP contribution in [0.5, 0.6) is 5.75 Å². The zero-order chi connectivity index (χ0) is 12.3. The summed E-state index contributed by atoms with van der Waals surface area (Å²) in [6, 6.07) is 8.33. The lowest BCUT2D eigenvalue weighted by atomic mass is 10.1. The Morgan fingerprint density at radius 1 is 1.41 bits per heavy atom. The topological polar surface area (TPSA) is 21.3 Å². The second-order valence-corrected chi connectivity index (χ2v) is 5.48. The van der Waals surface area contributed by atoms with Crippen molar-refractivity contribution in [2.75, 3.05) is 6.54 Å². The van der Waals surface area contributed by atoms with E-state index in [0.717, 1.165) is 23.4 Å². The van der Waals surface area contributed by atoms with Crippen LogP contribution in [0.1, 0.15) is 26.7 Å². The summed E-state index contributed by atoms with van der Waals surface area (Å²) in [6.07, 6.45) is 2.82. The van der Waals surface area contributed by atoms with Crippen molar-refractivity contribution in [1.29, 1.82) is 0 Å². The van der Waals surface area contributed by atoms with Crippen LogP contribution in [0.15, 0.2) is 24.3 Å². The predicted molar refractivity (Wildman–Crippen MR) is 71.7 cm³/mol. The number of hydrogen-bond donors (Lipinski definition) is 1. The van der Waals surface area contributed by atoms with Gasteiger partial charge in [-0.1, -0.05) is 31.5 Å². The first-order valence-electron chi connectivity index (χ1n) is 6.31. The Morgan fingerprint density at radius 2 is 2.18 bits per heavy atom. The molecule has 2 nitrogen and oxygen atoms in total. The van der Waals surface area contributed by atoms with E-state index in [1.807, 2.05) is 24.3 Å². The van der Waals surface area contributed by atoms with Crippen LogP contribution >= 0.6 is 11.6 Å². The molecule has 1 unspecified atom stereocenters. The van der Waals surface area contributed by atoms with Crippen molar-refractivity contribution >= 4 is 11.6 Å². The fourth-order valence-electron chi connectivity index (χ4n) is 1.70. The van der Waals surface area contributed by atoms with Crippen molar-refractivity contribution < 1.29 is 4.74 Å². The van der Waals surface area contributed by atoms with Gasteiger partial charge in [0.15, 0.2) is 0 Å². The average molecular weight is 254 g/mol. The number of rotatable bonds is 6. The molecule has 1 N–H and O–H groups in total. The van der Waals surface area contributed by atoms with Crippen LogP contribution in [0.25, 0.3) is 0 Å². The van der Waals surface area contributed by atoms with E-state index in [0.29, 0.717) is 5.92 Å². The second kappa shape index (κ2) is 5.74. The van der Waals surface area contributed by atoms with Crippen LogP contribution in [0.2, 0.25) is 5.02 Å². The first-order valence-corrected chi connectivity index (χ1v) is 6.68. The van der Waals surface area contributed by atoms with Crippen molar-refractivity contribution in [3.63, 3.8) is 0 Å². The van der Waals surface area contributed by atoms with Gasteiger partial charge in [-0.25, -0.2) is 0 Å². The summed E-state index contributed by atoms with van der Waals surface area (Å²) in [5.41, 5.74) is 0. The Hall–Kier alpha value is -0.730. The number of benzene rings is 1. The van der Waals surface area contributed by atoms with Crippen molar-refractivity contribution in [3.05, 3.63) is 29.3 Å². The summed E-state index contributed by atoms with van der Waals surface area (Å²) in [6.45, 7) is 5.28. The lowest BCUT2D eigenvalue weighted by Crippen LogP contribution is -2.36. The van der Waals surface area contributed by atoms with E-state index < -0.39 is 0 Å². The molecule has 3 heteroatoms. The van der Waals surface area contributed by atoms with Gasteiger partial charge in [0.2, 0.25) is 0 Å². The molecule has 17 heavy (non-hydrogen) atoms. The standard InChI is InChI=1S/C14H20ClNO/c1-10(2)14(9-16-12-6-7-12)17-13-5-3-4-11(15)8-13/h3-5,8,10,12,14,16H,6-7,9H2,1-2H3. The molecule has 0 bridgehead atoms. The largest absolute Gasteiger partial charge is 0.489 e. The zero-order valence-electron chi connectivity index (χ0n) is 10.4. The first-order chi connectivity index (χ1) is 8.15. The number of halogens is 1. The number of nitrogens with one attached hydrogen (secondary N) is 1. The summed E-state index contributed by atoms with van der Waals surface area (Å²) in [7, 11) is 0. The van der Waals surface area contributed by atoms with E-state index in [9.17, 15) is 0 Å². The molecule has 0 aromatic heterocycles. The van der Waals surface area contributed by atoms with Gasteiger partial charge in [-0.2, -0.15) is 0 Å². The van der Waals surface area contributed by atoms with Gasteiger partial charge in [0, 0.05) is 17.6 Å². The highest BCUT2D eigenvalue weighted by atomic mass is 35.5. The van der Waals surface area contributed by atoms with Crippen LogP contribution < -0.4 is 10.1 Å². The molecular formula is C14H20ClNO. The molecule has 1 aromatic carbocycles. The maximum atomic E-state index is 5.99. The van der Waals surface area contributed by atoms with E-state index >= 15 is 0 Å². The molecule has 0 aliphatic heterocycles. The van der Waals surface area contributed by atoms with Gasteiger partial charge in [0.1, 0.15) is 11.9 Å². The molecule has 1 saturated carbocycles. The SMILES string of the molecule is CC(C)C(CNC1CC1)Oc1cccc(Cl)c1. The molecule has 1 fully saturated rings. The van der Waals surface area contributed by atoms with E-state index in [-0.39, 0.29) is 6.10 Å². The second-order valence-electron chi connectivity index (χ2n) is 5.04. The Bertz CT molecular complexity index is 363. The van der Waals surface area contributed by atoms with Crippen LogP contribution in [-0.4, -0.2) is 18.7 Å². The third-order valence-electron chi connectivity index (χ3n) is 3.01. The van der Waals surface area contributed by atoms with Crippen molar-refractivity contribution in [1.82, 2.24) is 5.32 Å². The summed E-state index contributed by atoms with van der Waals surface area (Å²) in [5, 5.41) is 4.24. The summed E-state index contributed by atoms with van der Waals surface area (Å²) < 4.78 is 5.99. The molecular weight excluding hydrogens is 234 g/mol. The van der Waals surface area contributed by atoms with Gasteiger partial charge >= 0.3 is 0 Å². The lowest BCUT2D eigenvalue weighted by Gasteiger charge is -2.23. The summed E-state index contributed by atoms with van der Waals surface area (Å²) in [4.78, 5) is 0. The molecule has 1 atom stereocenters. The van der Waals surface area contributed by atoms with E-state index in [2.05, 4.69) is 19.2 Å². The third kappa shape index (κ3) is 4.21. The minimum Gasteiger partial charge on any atom is -0.489 e. The van der Waals surface area contributed by atoms with Crippen LogP contribution in [0.3, 0.4) is 0 Å². The minimum atomic E-state index is 0.203. The minimum absolute atomic E-state index is 0.203. The molecule has 94 valence electrons. The van der Waals surface area contributed by atoms with Crippen LogP contribution in [0.4, 0.5) is 0 Å². The molecule has 0 radical (unpaired) electrons. The number of ether oxygens (including phenoxy) is 1. The molecule has 0 saturated heterocycles. The zero-order valence-corrected chi connectivity index (χ0v) is 11.2. The fourth-order valence-corrected chi connectivity index (χ4v) is 1.88. The maximum Gasteiger partial charge on any atom is 0.121 e. The Labute approximate surface area is 108 Å². The third-order valence-corrected chi connectivity index (χ3v) is 3.25. The van der Waals surface area contributed by atoms with Gasteiger partial charge in [-0.05, 0) is 37.0 Å². The average Bonchev–Trinajstić information content (AvgIpc) is 3.07. The normalized spacial score (nSPS) is 17.2. The van der Waals surface area contributed by atoms with Gasteiger partial charge in [-0.3, -0.25) is 0 Å². The fraction of sp³-hybridized carbons (Fsp3) is 0.571. The highest BCUT2D eigenvalue weighted by Gasteiger charge is 2.23. The smallest absolute Gasteiger partial charge is 0.121 e. The van der Waals surface area contributed by atoms with Crippen molar-refractivity contribution in [2.45, 2.75) is 38.8 Å². The van der Waals surface area contributed by atoms with Crippen LogP contribution in [0, 0.1) is 5.92 Å². The van der Waals surface area contributed by atoms with Crippen molar-refractivity contribution in [3.8, 4) is 5.75 Å². The highest BCUT2D eigenvalue weighted by Crippen LogP contribution is 2.22. The van der Waals surface area contributed by atoms with E-state index in [1.54, 1.807) is 0 Å². The van der Waals surface area contributed by atoms with Gasteiger partial charge in [0.25, 0.3) is 0 Å². The molecule has 2 rings (SSSR count). The monoisotopic (exact) mass is 253 g/mol. The number of hydrogen-bond acceptors (Lipinski definition) is 2. The van der Waals surface area contributed by atoms with E-state index in [4.69, 9.17) is 16.3 Å². The predicted octanol–water partition coefficient (Wildman–Crippen LogP) is 3.50. The molecule has 0 spiro atoms. The van der Waals surface area contributed by atoms with Gasteiger partial charge < -0.3 is 10.1 Å². The van der Waals surface area contributed by atoms with Crippen molar-refractivity contribution in [2.24, 2.45) is 5.92 Å². The first kappa shape index (κ1) is 12.7. The van der Waals surface area contributed by atoms with Gasteiger partial charge in [0.05, 0.1) is 0 Å². The van der Waals surface area contributed by atoms with E-state index in [1.165, 1.54) is 12.8 Å². The summed E-state index contributed by atoms with van der Waals surface area (Å²) in [5.74, 6) is 1.34. The molecule has 1 aliphatic rings. The lowest BCUT2D eigenvalue weighted by molar-refractivity contribution is 0.148.